The Bertz CT molecular complexity index is 724. The molecule has 0 bridgehead atoms. The first-order valence-electron chi connectivity index (χ1n) is 8.74. The number of aliphatic hydroxyl groups is 1. The van der Waals surface area contributed by atoms with E-state index in [1.807, 2.05) is 19.2 Å². The van der Waals surface area contributed by atoms with Gasteiger partial charge in [-0.25, -0.2) is 4.79 Å². The first-order valence-corrected chi connectivity index (χ1v) is 8.74. The Morgan fingerprint density at radius 2 is 2.29 bits per heavy atom. The molecule has 1 aliphatic rings. The summed E-state index contributed by atoms with van der Waals surface area (Å²) in [5.74, 6) is 0. The molecule has 2 aromatic rings. The maximum Gasteiger partial charge on any atom is 0.315 e. The van der Waals surface area contributed by atoms with Crippen molar-refractivity contribution in [1.29, 1.82) is 0 Å². The van der Waals surface area contributed by atoms with Crippen molar-refractivity contribution in [3.63, 3.8) is 0 Å². The van der Waals surface area contributed by atoms with Gasteiger partial charge in [0, 0.05) is 35.1 Å². The van der Waals surface area contributed by atoms with Crippen LogP contribution >= 0.6 is 0 Å². The number of H-pyrrole nitrogens is 1. The van der Waals surface area contributed by atoms with Gasteiger partial charge in [-0.3, -0.25) is 0 Å². The lowest BCUT2D eigenvalue weighted by Crippen LogP contribution is -2.48. The summed E-state index contributed by atoms with van der Waals surface area (Å²) in [4.78, 5) is 15.4. The number of aromatic nitrogens is 1. The third-order valence-corrected chi connectivity index (χ3v) is 5.42. The van der Waals surface area contributed by atoms with E-state index in [9.17, 15) is 9.90 Å². The number of fused-ring (bicyclic) bond motifs is 1. The number of amides is 2. The van der Waals surface area contributed by atoms with E-state index >= 15 is 0 Å². The van der Waals surface area contributed by atoms with Crippen LogP contribution in [0.2, 0.25) is 0 Å². The van der Waals surface area contributed by atoms with Crippen molar-refractivity contribution in [2.75, 3.05) is 13.2 Å². The topological polar surface area (TPSA) is 77.2 Å². The van der Waals surface area contributed by atoms with Gasteiger partial charge in [0.1, 0.15) is 0 Å². The highest BCUT2D eigenvalue weighted by atomic mass is 16.3. The van der Waals surface area contributed by atoms with Gasteiger partial charge in [0.05, 0.1) is 6.61 Å². The van der Waals surface area contributed by atoms with Gasteiger partial charge in [0.2, 0.25) is 0 Å². The van der Waals surface area contributed by atoms with E-state index in [1.54, 1.807) is 0 Å². The Labute approximate surface area is 142 Å². The molecule has 24 heavy (non-hydrogen) atoms. The second-order valence-electron chi connectivity index (χ2n) is 7.22. The van der Waals surface area contributed by atoms with Crippen LogP contribution in [0.5, 0.6) is 0 Å². The number of urea groups is 1. The normalized spacial score (nSPS) is 23.5. The molecule has 1 aliphatic carbocycles. The molecule has 1 fully saturated rings. The SMILES string of the molecule is Cc1cccc2[nH]cc(CCNC(=O)NC3CCCC3(C)CO)c12. The fourth-order valence-electron chi connectivity index (χ4n) is 3.84. The van der Waals surface area contributed by atoms with Crippen LogP contribution in [-0.4, -0.2) is 35.3 Å². The molecule has 3 rings (SSSR count). The van der Waals surface area contributed by atoms with Crippen molar-refractivity contribution in [2.24, 2.45) is 5.41 Å². The van der Waals surface area contributed by atoms with Gasteiger partial charge in [-0.2, -0.15) is 0 Å². The highest BCUT2D eigenvalue weighted by molar-refractivity contribution is 5.86. The molecular weight excluding hydrogens is 302 g/mol. The Kier molecular flexibility index (Phi) is 4.81. The zero-order valence-electron chi connectivity index (χ0n) is 14.5. The lowest BCUT2D eigenvalue weighted by Gasteiger charge is -2.30. The third-order valence-electron chi connectivity index (χ3n) is 5.42. The number of benzene rings is 1. The first-order chi connectivity index (χ1) is 11.5. The van der Waals surface area contributed by atoms with Crippen molar-refractivity contribution < 1.29 is 9.90 Å². The summed E-state index contributed by atoms with van der Waals surface area (Å²) in [7, 11) is 0. The minimum Gasteiger partial charge on any atom is -0.396 e. The van der Waals surface area contributed by atoms with E-state index in [0.717, 1.165) is 31.2 Å². The summed E-state index contributed by atoms with van der Waals surface area (Å²) in [6, 6.07) is 6.14. The number of aliphatic hydroxyl groups excluding tert-OH is 1. The molecule has 0 saturated heterocycles. The fourth-order valence-corrected chi connectivity index (χ4v) is 3.84. The highest BCUT2D eigenvalue weighted by Gasteiger charge is 2.39. The number of nitrogens with one attached hydrogen (secondary N) is 3. The van der Waals surface area contributed by atoms with E-state index in [0.29, 0.717) is 6.54 Å². The lowest BCUT2D eigenvalue weighted by atomic mass is 9.86. The molecule has 1 heterocycles. The van der Waals surface area contributed by atoms with Crippen molar-refractivity contribution >= 4 is 16.9 Å². The van der Waals surface area contributed by atoms with Gasteiger partial charge in [-0.1, -0.05) is 25.5 Å². The Hall–Kier alpha value is -2.01. The van der Waals surface area contributed by atoms with Crippen molar-refractivity contribution in [2.45, 2.75) is 45.6 Å². The van der Waals surface area contributed by atoms with Gasteiger partial charge >= 0.3 is 6.03 Å². The van der Waals surface area contributed by atoms with Gasteiger partial charge in [0.15, 0.2) is 0 Å². The summed E-state index contributed by atoms with van der Waals surface area (Å²) in [6.07, 6.45) is 5.77. The molecule has 1 aromatic carbocycles. The minimum atomic E-state index is -0.189. The average Bonchev–Trinajstić information content (AvgIpc) is 3.13. The van der Waals surface area contributed by atoms with Crippen molar-refractivity contribution in [1.82, 2.24) is 15.6 Å². The Morgan fingerprint density at radius 1 is 1.46 bits per heavy atom. The van der Waals surface area contributed by atoms with Crippen molar-refractivity contribution in [3.8, 4) is 0 Å². The summed E-state index contributed by atoms with van der Waals surface area (Å²) in [5, 5.41) is 16.8. The van der Waals surface area contributed by atoms with Gasteiger partial charge in [-0.05, 0) is 43.4 Å². The molecule has 2 amide bonds. The standard InChI is InChI=1S/C19H27N3O2/c1-13-5-3-6-15-17(13)14(11-21-15)8-10-20-18(24)22-16-7-4-9-19(16,2)12-23/h3,5-6,11,16,21,23H,4,7-10,12H2,1-2H3,(H2,20,22,24). The van der Waals surface area contributed by atoms with Crippen LogP contribution in [-0.2, 0) is 6.42 Å². The predicted molar refractivity (Wildman–Crippen MR) is 96.1 cm³/mol. The van der Waals surface area contributed by atoms with Crippen molar-refractivity contribution in [3.05, 3.63) is 35.5 Å². The number of carbonyl (C=O) groups is 1. The molecule has 1 aromatic heterocycles. The lowest BCUT2D eigenvalue weighted by molar-refractivity contribution is 0.121. The zero-order chi connectivity index (χ0) is 17.2. The molecule has 5 heteroatoms. The quantitative estimate of drug-likeness (QED) is 0.681. The van der Waals surface area contributed by atoms with Crippen LogP contribution in [0.3, 0.4) is 0 Å². The van der Waals surface area contributed by atoms with Crippen LogP contribution < -0.4 is 10.6 Å². The monoisotopic (exact) mass is 329 g/mol. The van der Waals surface area contributed by atoms with E-state index < -0.39 is 0 Å². The number of aryl methyl sites for hydroxylation is 1. The molecule has 0 aliphatic heterocycles. The number of aromatic amines is 1. The van der Waals surface area contributed by atoms with Crippen LogP contribution in [0, 0.1) is 12.3 Å². The summed E-state index contributed by atoms with van der Waals surface area (Å²) >= 11 is 0. The molecule has 0 spiro atoms. The van der Waals surface area contributed by atoms with Crippen LogP contribution in [0.25, 0.3) is 10.9 Å². The molecule has 130 valence electrons. The number of hydrogen-bond donors (Lipinski definition) is 4. The smallest absolute Gasteiger partial charge is 0.315 e. The van der Waals surface area contributed by atoms with Gasteiger partial charge < -0.3 is 20.7 Å². The predicted octanol–water partition coefficient (Wildman–Crippen LogP) is 2.87. The third kappa shape index (κ3) is 3.26. The summed E-state index contributed by atoms with van der Waals surface area (Å²) in [5.41, 5.74) is 3.42. The second-order valence-corrected chi connectivity index (χ2v) is 7.22. The van der Waals surface area contributed by atoms with E-state index in [4.69, 9.17) is 0 Å². The number of carbonyl (C=O) groups excluding carboxylic acids is 1. The van der Waals surface area contributed by atoms with E-state index in [1.165, 1.54) is 16.5 Å². The fraction of sp³-hybridized carbons (Fsp3) is 0.526. The molecule has 1 saturated carbocycles. The maximum atomic E-state index is 12.2. The zero-order valence-corrected chi connectivity index (χ0v) is 14.5. The van der Waals surface area contributed by atoms with E-state index in [2.05, 4.69) is 34.7 Å². The highest BCUT2D eigenvalue weighted by Crippen LogP contribution is 2.37. The Balaban J connectivity index is 1.53. The van der Waals surface area contributed by atoms with Gasteiger partial charge in [-0.15, -0.1) is 0 Å². The Morgan fingerprint density at radius 3 is 3.08 bits per heavy atom. The second kappa shape index (κ2) is 6.85. The molecular formula is C19H27N3O2. The van der Waals surface area contributed by atoms with Crippen LogP contribution in [0.1, 0.15) is 37.3 Å². The largest absolute Gasteiger partial charge is 0.396 e. The van der Waals surface area contributed by atoms with E-state index in [-0.39, 0.29) is 24.1 Å². The first kappa shape index (κ1) is 16.8. The molecule has 5 nitrogen and oxygen atoms in total. The molecule has 4 N–H and O–H groups in total. The molecule has 0 radical (unpaired) electrons. The summed E-state index contributed by atoms with van der Waals surface area (Å²) in [6.45, 7) is 4.86. The van der Waals surface area contributed by atoms with Crippen LogP contribution in [0.15, 0.2) is 24.4 Å². The van der Waals surface area contributed by atoms with Crippen LogP contribution in [0.4, 0.5) is 4.79 Å². The van der Waals surface area contributed by atoms with Gasteiger partial charge in [0.25, 0.3) is 0 Å². The molecule has 2 unspecified atom stereocenters. The minimum absolute atomic E-state index is 0.0535. The molecule has 2 atom stereocenters. The number of hydrogen-bond acceptors (Lipinski definition) is 2. The number of rotatable bonds is 5. The maximum absolute atomic E-state index is 12.2. The average molecular weight is 329 g/mol. The summed E-state index contributed by atoms with van der Waals surface area (Å²) < 4.78 is 0.